The minimum absolute atomic E-state index is 0.360. The standard InChI is InChI=1S/C18H33N3/c1-5-19-16(14-18(2,3)4)13-15-11-12-21(20-15)17-9-7-6-8-10-17/h11-12,16-17,19H,5-10,13-14H2,1-4H3. The largest absolute Gasteiger partial charge is 0.314 e. The fourth-order valence-electron chi connectivity index (χ4n) is 3.53. The van der Waals surface area contributed by atoms with Gasteiger partial charge in [0.1, 0.15) is 0 Å². The molecule has 0 aliphatic heterocycles. The molecule has 1 atom stereocenters. The van der Waals surface area contributed by atoms with E-state index in [9.17, 15) is 0 Å². The van der Waals surface area contributed by atoms with Crippen LogP contribution in [0.25, 0.3) is 0 Å². The first-order valence-electron chi connectivity index (χ1n) is 8.75. The molecule has 1 aliphatic carbocycles. The summed E-state index contributed by atoms with van der Waals surface area (Å²) >= 11 is 0. The zero-order valence-electron chi connectivity index (χ0n) is 14.4. The summed E-state index contributed by atoms with van der Waals surface area (Å²) < 4.78 is 2.23. The average Bonchev–Trinajstić information content (AvgIpc) is 2.87. The number of rotatable bonds is 6. The summed E-state index contributed by atoms with van der Waals surface area (Å²) in [6.45, 7) is 10.2. The van der Waals surface area contributed by atoms with Crippen molar-refractivity contribution in [1.82, 2.24) is 15.1 Å². The molecule has 1 aliphatic rings. The van der Waals surface area contributed by atoms with E-state index in [2.05, 4.69) is 50.0 Å². The van der Waals surface area contributed by atoms with E-state index in [0.717, 1.165) is 13.0 Å². The monoisotopic (exact) mass is 291 g/mol. The smallest absolute Gasteiger partial charge is 0.0640 e. The lowest BCUT2D eigenvalue weighted by molar-refractivity contribution is 0.304. The quantitative estimate of drug-likeness (QED) is 0.844. The fourth-order valence-corrected chi connectivity index (χ4v) is 3.53. The van der Waals surface area contributed by atoms with Gasteiger partial charge in [0.05, 0.1) is 11.7 Å². The van der Waals surface area contributed by atoms with Gasteiger partial charge >= 0.3 is 0 Å². The maximum Gasteiger partial charge on any atom is 0.0640 e. The van der Waals surface area contributed by atoms with Gasteiger partial charge in [-0.3, -0.25) is 4.68 Å². The average molecular weight is 291 g/mol. The molecule has 1 unspecified atom stereocenters. The summed E-state index contributed by atoms with van der Waals surface area (Å²) in [4.78, 5) is 0. The second-order valence-corrected chi connectivity index (χ2v) is 7.80. The summed E-state index contributed by atoms with van der Waals surface area (Å²) in [7, 11) is 0. The van der Waals surface area contributed by atoms with Crippen molar-refractivity contribution in [3.8, 4) is 0 Å². The molecule has 0 saturated heterocycles. The zero-order valence-corrected chi connectivity index (χ0v) is 14.4. The number of nitrogens with one attached hydrogen (secondary N) is 1. The molecule has 1 aromatic heterocycles. The molecule has 0 radical (unpaired) electrons. The Morgan fingerprint density at radius 3 is 2.62 bits per heavy atom. The van der Waals surface area contributed by atoms with Gasteiger partial charge < -0.3 is 5.32 Å². The van der Waals surface area contributed by atoms with Crippen molar-refractivity contribution in [2.45, 2.75) is 84.7 Å². The summed E-state index contributed by atoms with van der Waals surface area (Å²) in [6.07, 6.45) is 11.2. The first kappa shape index (κ1) is 16.5. The van der Waals surface area contributed by atoms with E-state index in [0.29, 0.717) is 17.5 Å². The molecule has 0 bridgehead atoms. The molecule has 0 aromatic carbocycles. The van der Waals surface area contributed by atoms with Gasteiger partial charge in [-0.15, -0.1) is 0 Å². The van der Waals surface area contributed by atoms with Crippen molar-refractivity contribution in [2.75, 3.05) is 6.54 Å². The molecule has 2 rings (SSSR count). The van der Waals surface area contributed by atoms with Crippen LogP contribution < -0.4 is 5.32 Å². The molecular formula is C18H33N3. The Kier molecular flexibility index (Phi) is 5.86. The van der Waals surface area contributed by atoms with Crippen LogP contribution in [0.2, 0.25) is 0 Å². The molecule has 1 fully saturated rings. The Hall–Kier alpha value is -0.830. The SMILES string of the molecule is CCNC(Cc1ccn(C2CCCCC2)n1)CC(C)(C)C. The van der Waals surface area contributed by atoms with Crippen LogP contribution in [-0.4, -0.2) is 22.4 Å². The van der Waals surface area contributed by atoms with Gasteiger partial charge in [0.25, 0.3) is 0 Å². The van der Waals surface area contributed by atoms with E-state index >= 15 is 0 Å². The Balaban J connectivity index is 1.95. The van der Waals surface area contributed by atoms with Crippen LogP contribution >= 0.6 is 0 Å². The third kappa shape index (κ3) is 5.46. The van der Waals surface area contributed by atoms with Crippen LogP contribution in [0.5, 0.6) is 0 Å². The maximum absolute atomic E-state index is 4.86. The number of nitrogens with zero attached hydrogens (tertiary/aromatic N) is 2. The fraction of sp³-hybridized carbons (Fsp3) is 0.833. The lowest BCUT2D eigenvalue weighted by Gasteiger charge is -2.26. The number of likely N-dealkylation sites (N-methyl/N-ethyl adjacent to an activating group) is 1. The van der Waals surface area contributed by atoms with Crippen molar-refractivity contribution in [1.29, 1.82) is 0 Å². The summed E-state index contributed by atoms with van der Waals surface area (Å²) in [5, 5.41) is 8.49. The van der Waals surface area contributed by atoms with Gasteiger partial charge in [-0.25, -0.2) is 0 Å². The third-order valence-electron chi connectivity index (χ3n) is 4.42. The van der Waals surface area contributed by atoms with Gasteiger partial charge in [-0.1, -0.05) is 47.0 Å². The van der Waals surface area contributed by atoms with E-state index in [4.69, 9.17) is 5.10 Å². The third-order valence-corrected chi connectivity index (χ3v) is 4.42. The van der Waals surface area contributed by atoms with Crippen molar-refractivity contribution >= 4 is 0 Å². The molecule has 1 heterocycles. The highest BCUT2D eigenvalue weighted by Crippen LogP contribution is 2.28. The molecular weight excluding hydrogens is 258 g/mol. The molecule has 3 nitrogen and oxygen atoms in total. The molecule has 3 heteroatoms. The van der Waals surface area contributed by atoms with Crippen LogP contribution in [0.1, 0.15) is 78.0 Å². The summed E-state index contributed by atoms with van der Waals surface area (Å²) in [5.74, 6) is 0. The molecule has 1 aromatic rings. The Morgan fingerprint density at radius 1 is 1.29 bits per heavy atom. The van der Waals surface area contributed by atoms with Gasteiger partial charge in [0.15, 0.2) is 0 Å². The lowest BCUT2D eigenvalue weighted by atomic mass is 9.86. The second kappa shape index (κ2) is 7.44. The molecule has 0 spiro atoms. The van der Waals surface area contributed by atoms with Crippen molar-refractivity contribution in [3.63, 3.8) is 0 Å². The minimum Gasteiger partial charge on any atom is -0.314 e. The predicted molar refractivity (Wildman–Crippen MR) is 89.6 cm³/mol. The van der Waals surface area contributed by atoms with Crippen molar-refractivity contribution < 1.29 is 0 Å². The summed E-state index contributed by atoms with van der Waals surface area (Å²) in [5.41, 5.74) is 1.61. The molecule has 21 heavy (non-hydrogen) atoms. The normalized spacial score (nSPS) is 18.9. The summed E-state index contributed by atoms with van der Waals surface area (Å²) in [6, 6.07) is 3.40. The van der Waals surface area contributed by atoms with Crippen LogP contribution in [0.3, 0.4) is 0 Å². The first-order chi connectivity index (χ1) is 9.98. The first-order valence-corrected chi connectivity index (χ1v) is 8.75. The van der Waals surface area contributed by atoms with Gasteiger partial charge in [-0.2, -0.15) is 5.10 Å². The van der Waals surface area contributed by atoms with E-state index in [1.807, 2.05) is 0 Å². The van der Waals surface area contributed by atoms with Crippen molar-refractivity contribution in [2.24, 2.45) is 5.41 Å². The van der Waals surface area contributed by atoms with Crippen LogP contribution in [0, 0.1) is 5.41 Å². The molecule has 0 amide bonds. The van der Waals surface area contributed by atoms with E-state index < -0.39 is 0 Å². The van der Waals surface area contributed by atoms with Gasteiger partial charge in [0.2, 0.25) is 0 Å². The molecule has 1 N–H and O–H groups in total. The molecule has 1 saturated carbocycles. The predicted octanol–water partition coefficient (Wildman–Crippen LogP) is 4.35. The topological polar surface area (TPSA) is 29.9 Å². The van der Waals surface area contributed by atoms with Crippen molar-refractivity contribution in [3.05, 3.63) is 18.0 Å². The Morgan fingerprint density at radius 2 is 2.00 bits per heavy atom. The maximum atomic E-state index is 4.86. The highest BCUT2D eigenvalue weighted by atomic mass is 15.3. The number of hydrogen-bond donors (Lipinski definition) is 1. The Labute approximate surface area is 130 Å². The van der Waals surface area contributed by atoms with Gasteiger partial charge in [-0.05, 0) is 37.3 Å². The second-order valence-electron chi connectivity index (χ2n) is 7.80. The van der Waals surface area contributed by atoms with E-state index in [-0.39, 0.29) is 0 Å². The van der Waals surface area contributed by atoms with Crippen LogP contribution in [0.4, 0.5) is 0 Å². The zero-order chi connectivity index (χ0) is 15.3. The molecule has 120 valence electrons. The van der Waals surface area contributed by atoms with Gasteiger partial charge in [0, 0.05) is 18.7 Å². The minimum atomic E-state index is 0.360. The lowest BCUT2D eigenvalue weighted by Crippen LogP contribution is -2.34. The van der Waals surface area contributed by atoms with E-state index in [1.54, 1.807) is 0 Å². The Bertz CT molecular complexity index is 410. The highest BCUT2D eigenvalue weighted by molar-refractivity contribution is 5.03. The highest BCUT2D eigenvalue weighted by Gasteiger charge is 2.20. The van der Waals surface area contributed by atoms with Crippen LogP contribution in [-0.2, 0) is 6.42 Å². The number of aromatic nitrogens is 2. The number of hydrogen-bond acceptors (Lipinski definition) is 2. The van der Waals surface area contributed by atoms with E-state index in [1.165, 1.54) is 44.2 Å². The van der Waals surface area contributed by atoms with Crippen LogP contribution in [0.15, 0.2) is 12.3 Å².